The minimum absolute atomic E-state index is 0. The van der Waals surface area contributed by atoms with Gasteiger partial charge in [-0.3, -0.25) is 4.79 Å². The van der Waals surface area contributed by atoms with Crippen LogP contribution in [0.5, 0.6) is 0 Å². The van der Waals surface area contributed by atoms with E-state index in [9.17, 15) is 15.0 Å². The second-order valence-corrected chi connectivity index (χ2v) is 10.2. The molecule has 0 spiro atoms. The Kier molecular flexibility index (Phi) is 10.7. The van der Waals surface area contributed by atoms with Gasteiger partial charge in [-0.1, -0.05) is 23.7 Å². The van der Waals surface area contributed by atoms with E-state index in [2.05, 4.69) is 32.3 Å². The third-order valence-corrected chi connectivity index (χ3v) is 7.43. The lowest BCUT2D eigenvalue weighted by atomic mass is 9.93. The Bertz CT molecular complexity index is 1450. The highest BCUT2D eigenvalue weighted by Crippen LogP contribution is 2.31. The number of pyridine rings is 1. The van der Waals surface area contributed by atoms with Crippen molar-refractivity contribution in [1.29, 1.82) is 0 Å². The van der Waals surface area contributed by atoms with Crippen molar-refractivity contribution < 1.29 is 10.2 Å². The normalized spacial score (nSPS) is 14.5. The largest absolute Gasteiger partial charge is 0.396 e. The molecule has 1 saturated heterocycles. The highest BCUT2D eigenvalue weighted by Gasteiger charge is 2.21. The van der Waals surface area contributed by atoms with E-state index in [1.807, 2.05) is 13.0 Å². The Morgan fingerprint density at radius 2 is 1.95 bits per heavy atom. The van der Waals surface area contributed by atoms with Crippen LogP contribution in [0.25, 0.3) is 22.4 Å². The number of halogens is 3. The van der Waals surface area contributed by atoms with Gasteiger partial charge >= 0.3 is 0 Å². The van der Waals surface area contributed by atoms with E-state index >= 15 is 0 Å². The van der Waals surface area contributed by atoms with Crippen molar-refractivity contribution in [1.82, 2.24) is 15.0 Å². The number of aromatic amines is 2. The van der Waals surface area contributed by atoms with Gasteiger partial charge in [0.25, 0.3) is 5.56 Å². The zero-order valence-electron chi connectivity index (χ0n) is 21.6. The molecule has 1 atom stereocenters. The molecular weight excluding hydrogens is 561 g/mol. The van der Waals surface area contributed by atoms with E-state index in [0.717, 1.165) is 54.6 Å². The number of H-pyrrole nitrogens is 2. The first-order valence-corrected chi connectivity index (χ1v) is 13.1. The minimum atomic E-state index is -0.798. The lowest BCUT2D eigenvalue weighted by Crippen LogP contribution is -2.33. The average molecular weight is 595 g/mol. The van der Waals surface area contributed by atoms with Gasteiger partial charge in [0.1, 0.15) is 11.4 Å². The number of hydrogen-bond donors (Lipinski definition) is 5. The van der Waals surface area contributed by atoms with Crippen LogP contribution in [0.1, 0.15) is 36.5 Å². The van der Waals surface area contributed by atoms with Crippen LogP contribution in [0.4, 0.5) is 11.4 Å². The summed E-state index contributed by atoms with van der Waals surface area (Å²) in [5, 5.41) is 23.6. The van der Waals surface area contributed by atoms with Crippen molar-refractivity contribution in [3.8, 4) is 11.4 Å². The molecule has 0 saturated carbocycles. The number of aryl methyl sites for hydroxylation is 1. The van der Waals surface area contributed by atoms with Gasteiger partial charge in [-0.25, -0.2) is 4.98 Å². The summed E-state index contributed by atoms with van der Waals surface area (Å²) in [7, 11) is 0. The van der Waals surface area contributed by atoms with Crippen molar-refractivity contribution in [2.45, 2.75) is 32.3 Å². The summed E-state index contributed by atoms with van der Waals surface area (Å²) in [5.41, 5.74) is 5.25. The molecule has 5 rings (SSSR count). The van der Waals surface area contributed by atoms with Gasteiger partial charge in [-0.15, -0.1) is 24.8 Å². The number of nitrogens with zero attached hydrogens (tertiary/aromatic N) is 2. The van der Waals surface area contributed by atoms with E-state index in [-0.39, 0.29) is 43.5 Å². The van der Waals surface area contributed by atoms with Gasteiger partial charge in [0.15, 0.2) is 0 Å². The molecule has 39 heavy (non-hydrogen) atoms. The fourth-order valence-electron chi connectivity index (χ4n) is 5.13. The zero-order chi connectivity index (χ0) is 25.9. The molecule has 0 unspecified atom stereocenters. The molecule has 11 heteroatoms. The number of fused-ring (bicyclic) bond motifs is 1. The summed E-state index contributed by atoms with van der Waals surface area (Å²) in [5.74, 6) is 1.05. The van der Waals surface area contributed by atoms with Crippen LogP contribution in [-0.4, -0.2) is 51.4 Å². The molecule has 5 N–H and O–H groups in total. The van der Waals surface area contributed by atoms with E-state index in [0.29, 0.717) is 33.6 Å². The van der Waals surface area contributed by atoms with Crippen LogP contribution >= 0.6 is 36.4 Å². The van der Waals surface area contributed by atoms with Crippen LogP contribution in [0, 0.1) is 12.8 Å². The van der Waals surface area contributed by atoms with Gasteiger partial charge in [-0.05, 0) is 73.6 Å². The summed E-state index contributed by atoms with van der Waals surface area (Å²) in [6, 6.07) is 13.1. The fraction of sp³-hybridized carbons (Fsp3) is 0.357. The van der Waals surface area contributed by atoms with Crippen LogP contribution in [0.15, 0.2) is 53.5 Å². The van der Waals surface area contributed by atoms with Gasteiger partial charge in [-0.2, -0.15) is 0 Å². The van der Waals surface area contributed by atoms with Gasteiger partial charge < -0.3 is 30.4 Å². The maximum absolute atomic E-state index is 12.9. The highest BCUT2D eigenvalue weighted by atomic mass is 35.5. The number of benzene rings is 2. The molecule has 1 aliphatic rings. The van der Waals surface area contributed by atoms with E-state index < -0.39 is 6.10 Å². The number of aliphatic hydroxyl groups is 2. The summed E-state index contributed by atoms with van der Waals surface area (Å²) >= 11 is 6.06. The quantitative estimate of drug-likeness (QED) is 0.185. The lowest BCUT2D eigenvalue weighted by molar-refractivity contribution is 0.191. The Morgan fingerprint density at radius 3 is 2.67 bits per heavy atom. The molecule has 4 aromatic rings. The van der Waals surface area contributed by atoms with Crippen LogP contribution in [-0.2, 0) is 0 Å². The second kappa shape index (κ2) is 13.5. The maximum Gasteiger partial charge on any atom is 0.261 e. The van der Waals surface area contributed by atoms with Gasteiger partial charge in [0.2, 0.25) is 0 Å². The summed E-state index contributed by atoms with van der Waals surface area (Å²) in [6.07, 6.45) is 3.79. The number of hydrogen-bond acceptors (Lipinski definition) is 6. The number of piperidine rings is 1. The van der Waals surface area contributed by atoms with Crippen molar-refractivity contribution in [2.24, 2.45) is 5.92 Å². The van der Waals surface area contributed by atoms with Crippen molar-refractivity contribution in [2.75, 3.05) is 36.5 Å². The molecule has 0 bridgehead atoms. The van der Waals surface area contributed by atoms with E-state index in [1.54, 1.807) is 30.5 Å². The first-order valence-electron chi connectivity index (χ1n) is 12.7. The molecule has 210 valence electrons. The second-order valence-electron chi connectivity index (χ2n) is 9.73. The first-order chi connectivity index (χ1) is 17.9. The molecule has 1 aliphatic heterocycles. The monoisotopic (exact) mass is 593 g/mol. The van der Waals surface area contributed by atoms with E-state index in [1.165, 1.54) is 0 Å². The summed E-state index contributed by atoms with van der Waals surface area (Å²) in [4.78, 5) is 26.2. The maximum atomic E-state index is 12.9. The number of anilines is 2. The fourth-order valence-corrected chi connectivity index (χ4v) is 5.33. The van der Waals surface area contributed by atoms with Crippen molar-refractivity contribution in [3.63, 3.8) is 0 Å². The number of nitrogens with one attached hydrogen (secondary N) is 3. The standard InChI is InChI=1S/C28H32ClN5O3.2ClH/c1-17-13-21(34-10-6-18(7-11-34)8-12-35)15-23-26(17)33-27(32-23)25-22(5-9-30-28(25)37)31-16-24(36)19-3-2-4-20(29)14-19;;/h2-5,9,13-15,18,24,35-36H,6-8,10-12,16H2,1H3,(H,32,33)(H2,30,31,37);2*1H/t24-;;/m1../s1. The molecule has 0 aliphatic carbocycles. The Labute approximate surface area is 244 Å². The van der Waals surface area contributed by atoms with Crippen LogP contribution < -0.4 is 15.8 Å². The predicted octanol–water partition coefficient (Wildman–Crippen LogP) is 5.47. The zero-order valence-corrected chi connectivity index (χ0v) is 24.0. The summed E-state index contributed by atoms with van der Waals surface area (Å²) < 4.78 is 0. The molecule has 3 heterocycles. The molecule has 0 radical (unpaired) electrons. The minimum Gasteiger partial charge on any atom is -0.396 e. The number of aromatic nitrogens is 3. The Balaban J connectivity index is 0.00000210. The molecule has 0 amide bonds. The van der Waals surface area contributed by atoms with Crippen LogP contribution in [0.2, 0.25) is 5.02 Å². The first kappa shape index (κ1) is 30.8. The van der Waals surface area contributed by atoms with Crippen molar-refractivity contribution >= 4 is 58.8 Å². The molecule has 2 aromatic heterocycles. The Hall–Kier alpha value is -2.75. The van der Waals surface area contributed by atoms with Crippen molar-refractivity contribution in [3.05, 3.63) is 75.2 Å². The predicted molar refractivity (Wildman–Crippen MR) is 163 cm³/mol. The highest BCUT2D eigenvalue weighted by molar-refractivity contribution is 6.30. The number of rotatable bonds is 8. The molecular formula is C28H34Cl3N5O3. The topological polar surface area (TPSA) is 117 Å². The van der Waals surface area contributed by atoms with E-state index in [4.69, 9.17) is 16.6 Å². The average Bonchev–Trinajstić information content (AvgIpc) is 3.32. The molecule has 8 nitrogen and oxygen atoms in total. The Morgan fingerprint density at radius 1 is 1.18 bits per heavy atom. The van der Waals surface area contributed by atoms with Crippen LogP contribution in [0.3, 0.4) is 0 Å². The smallest absolute Gasteiger partial charge is 0.261 e. The lowest BCUT2D eigenvalue weighted by Gasteiger charge is -2.33. The number of aliphatic hydroxyl groups excluding tert-OH is 2. The molecule has 2 aromatic carbocycles. The summed E-state index contributed by atoms with van der Waals surface area (Å²) in [6.45, 7) is 4.40. The number of imidazole rings is 1. The molecule has 1 fully saturated rings. The third-order valence-electron chi connectivity index (χ3n) is 7.20. The van der Waals surface area contributed by atoms with Gasteiger partial charge in [0, 0.05) is 43.1 Å². The van der Waals surface area contributed by atoms with Gasteiger partial charge in [0.05, 0.1) is 22.8 Å². The third kappa shape index (κ3) is 6.88. The SMILES string of the molecule is Cc1cc(N2CCC(CCO)CC2)cc2[nH]c(-c3c(NC[C@@H](O)c4cccc(Cl)c4)cc[nH]c3=O)nc12.Cl.Cl.